The summed E-state index contributed by atoms with van der Waals surface area (Å²) in [4.78, 5) is 16.9. The number of carbonyl (C=O) groups excluding carboxylic acids is 1. The van der Waals surface area contributed by atoms with Gasteiger partial charge in [0.1, 0.15) is 17.2 Å². The summed E-state index contributed by atoms with van der Waals surface area (Å²) in [5, 5.41) is 2.88. The molecule has 1 fully saturated rings. The van der Waals surface area contributed by atoms with Gasteiger partial charge < -0.3 is 29.3 Å². The lowest BCUT2D eigenvalue weighted by Crippen LogP contribution is -2.44. The van der Waals surface area contributed by atoms with Crippen molar-refractivity contribution >= 4 is 11.6 Å². The van der Waals surface area contributed by atoms with E-state index in [9.17, 15) is 4.79 Å². The molecule has 0 atom stereocenters. The second-order valence-corrected chi connectivity index (χ2v) is 7.07. The molecule has 1 N–H and O–H groups in total. The van der Waals surface area contributed by atoms with Crippen LogP contribution in [0.1, 0.15) is 5.56 Å². The van der Waals surface area contributed by atoms with Gasteiger partial charge in [-0.2, -0.15) is 0 Å². The van der Waals surface area contributed by atoms with Crippen molar-refractivity contribution in [3.63, 3.8) is 0 Å². The second kappa shape index (κ2) is 10.0. The standard InChI is InChI=1S/C22H29N3O4/c1-24-8-10-25(11-9-24)18-6-4-17(5-7-18)15-23-22(26)16-29-21-13-19(27-2)12-20(14-21)28-3/h4-7,12-14H,8-11,15-16H2,1-3H3,(H,23,26). The van der Waals surface area contributed by atoms with E-state index in [0.717, 1.165) is 31.7 Å². The van der Waals surface area contributed by atoms with Crippen LogP contribution < -0.4 is 24.4 Å². The van der Waals surface area contributed by atoms with Crippen LogP contribution >= 0.6 is 0 Å². The molecule has 2 aromatic carbocycles. The van der Waals surface area contributed by atoms with E-state index in [1.807, 2.05) is 0 Å². The molecule has 7 nitrogen and oxygen atoms in total. The lowest BCUT2D eigenvalue weighted by molar-refractivity contribution is -0.123. The van der Waals surface area contributed by atoms with E-state index in [1.54, 1.807) is 32.4 Å². The molecule has 0 bridgehead atoms. The molecule has 0 unspecified atom stereocenters. The SMILES string of the molecule is COc1cc(OC)cc(OCC(=O)NCc2ccc(N3CCN(C)CC3)cc2)c1. The average molecular weight is 399 g/mol. The molecule has 1 saturated heterocycles. The van der Waals surface area contributed by atoms with Gasteiger partial charge in [0.2, 0.25) is 0 Å². The van der Waals surface area contributed by atoms with Crippen LogP contribution in [0.4, 0.5) is 5.69 Å². The Hall–Kier alpha value is -2.93. The van der Waals surface area contributed by atoms with E-state index >= 15 is 0 Å². The molecule has 0 radical (unpaired) electrons. The number of benzene rings is 2. The molecule has 0 aromatic heterocycles. The van der Waals surface area contributed by atoms with Gasteiger partial charge in [0.05, 0.1) is 14.2 Å². The van der Waals surface area contributed by atoms with Crippen LogP contribution in [-0.4, -0.2) is 64.9 Å². The largest absolute Gasteiger partial charge is 0.496 e. The number of rotatable bonds is 8. The summed E-state index contributed by atoms with van der Waals surface area (Å²) >= 11 is 0. The Morgan fingerprint density at radius 2 is 1.52 bits per heavy atom. The molecule has 2 aromatic rings. The highest BCUT2D eigenvalue weighted by Crippen LogP contribution is 2.27. The molecule has 1 amide bonds. The molecule has 29 heavy (non-hydrogen) atoms. The van der Waals surface area contributed by atoms with Gasteiger partial charge in [0.25, 0.3) is 5.91 Å². The van der Waals surface area contributed by atoms with Gasteiger partial charge in [-0.15, -0.1) is 0 Å². The first-order valence-electron chi connectivity index (χ1n) is 9.72. The Morgan fingerprint density at radius 1 is 0.931 bits per heavy atom. The molecule has 3 rings (SSSR count). The molecular weight excluding hydrogens is 370 g/mol. The monoisotopic (exact) mass is 399 g/mol. The number of nitrogens with zero attached hydrogens (tertiary/aromatic N) is 2. The zero-order valence-corrected chi connectivity index (χ0v) is 17.3. The van der Waals surface area contributed by atoms with E-state index in [1.165, 1.54) is 5.69 Å². The highest BCUT2D eigenvalue weighted by molar-refractivity contribution is 5.77. The van der Waals surface area contributed by atoms with Gasteiger partial charge in [-0.3, -0.25) is 4.79 Å². The summed E-state index contributed by atoms with van der Waals surface area (Å²) < 4.78 is 16.0. The Balaban J connectivity index is 1.46. The minimum atomic E-state index is -0.185. The third-order valence-electron chi connectivity index (χ3n) is 4.99. The molecule has 0 saturated carbocycles. The van der Waals surface area contributed by atoms with Crippen LogP contribution in [0, 0.1) is 0 Å². The van der Waals surface area contributed by atoms with Crippen LogP contribution in [0.3, 0.4) is 0 Å². The summed E-state index contributed by atoms with van der Waals surface area (Å²) in [6, 6.07) is 13.5. The quantitative estimate of drug-likeness (QED) is 0.734. The first-order chi connectivity index (χ1) is 14.1. The van der Waals surface area contributed by atoms with Gasteiger partial charge in [-0.25, -0.2) is 0 Å². The third kappa shape index (κ3) is 6.02. The predicted molar refractivity (Wildman–Crippen MR) is 113 cm³/mol. The van der Waals surface area contributed by atoms with Crippen molar-refractivity contribution in [2.24, 2.45) is 0 Å². The fourth-order valence-corrected chi connectivity index (χ4v) is 3.15. The molecular formula is C22H29N3O4. The van der Waals surface area contributed by atoms with Crippen LogP contribution in [0.2, 0.25) is 0 Å². The highest BCUT2D eigenvalue weighted by atomic mass is 16.5. The smallest absolute Gasteiger partial charge is 0.258 e. The van der Waals surface area contributed by atoms with Crippen LogP contribution in [0.25, 0.3) is 0 Å². The maximum absolute atomic E-state index is 12.1. The molecule has 1 aliphatic heterocycles. The summed E-state index contributed by atoms with van der Waals surface area (Å²) in [5.74, 6) is 1.56. The number of methoxy groups -OCH3 is 2. The molecule has 1 aliphatic rings. The molecule has 156 valence electrons. The van der Waals surface area contributed by atoms with E-state index in [2.05, 4.69) is 46.4 Å². The number of carbonyl (C=O) groups is 1. The molecule has 7 heteroatoms. The maximum atomic E-state index is 12.1. The molecule has 0 spiro atoms. The number of piperazine rings is 1. The van der Waals surface area contributed by atoms with Crippen molar-refractivity contribution < 1.29 is 19.0 Å². The van der Waals surface area contributed by atoms with Crippen molar-refractivity contribution in [1.29, 1.82) is 0 Å². The lowest BCUT2D eigenvalue weighted by atomic mass is 10.2. The summed E-state index contributed by atoms with van der Waals surface area (Å²) in [6.07, 6.45) is 0. The van der Waals surface area contributed by atoms with Crippen LogP contribution in [0.15, 0.2) is 42.5 Å². The number of nitrogens with one attached hydrogen (secondary N) is 1. The Bertz CT molecular complexity index is 780. The number of likely N-dealkylation sites (N-methyl/N-ethyl adjacent to an activating group) is 1. The Morgan fingerprint density at radius 3 is 2.10 bits per heavy atom. The molecule has 1 heterocycles. The Kier molecular flexibility index (Phi) is 7.19. The third-order valence-corrected chi connectivity index (χ3v) is 4.99. The van der Waals surface area contributed by atoms with Crippen molar-refractivity contribution in [3.05, 3.63) is 48.0 Å². The van der Waals surface area contributed by atoms with E-state index in [0.29, 0.717) is 23.8 Å². The maximum Gasteiger partial charge on any atom is 0.258 e. The van der Waals surface area contributed by atoms with Crippen LogP contribution in [0.5, 0.6) is 17.2 Å². The van der Waals surface area contributed by atoms with Crippen molar-refractivity contribution in [3.8, 4) is 17.2 Å². The minimum absolute atomic E-state index is 0.0737. The number of anilines is 1. The van der Waals surface area contributed by atoms with Crippen molar-refractivity contribution in [2.75, 3.05) is 59.0 Å². The van der Waals surface area contributed by atoms with E-state index in [-0.39, 0.29) is 12.5 Å². The fraction of sp³-hybridized carbons (Fsp3) is 0.409. The van der Waals surface area contributed by atoms with E-state index < -0.39 is 0 Å². The molecule has 0 aliphatic carbocycles. The van der Waals surface area contributed by atoms with Gasteiger partial charge >= 0.3 is 0 Å². The zero-order chi connectivity index (χ0) is 20.6. The van der Waals surface area contributed by atoms with Gasteiger partial charge in [0.15, 0.2) is 6.61 Å². The topological polar surface area (TPSA) is 63.3 Å². The number of ether oxygens (including phenoxy) is 3. The zero-order valence-electron chi connectivity index (χ0n) is 17.3. The first-order valence-corrected chi connectivity index (χ1v) is 9.72. The summed E-state index contributed by atoms with van der Waals surface area (Å²) in [7, 11) is 5.29. The Labute approximate surface area is 172 Å². The average Bonchev–Trinajstić information content (AvgIpc) is 2.77. The van der Waals surface area contributed by atoms with Crippen molar-refractivity contribution in [2.45, 2.75) is 6.54 Å². The number of hydrogen-bond acceptors (Lipinski definition) is 6. The van der Waals surface area contributed by atoms with Gasteiger partial charge in [-0.05, 0) is 24.7 Å². The minimum Gasteiger partial charge on any atom is -0.496 e. The number of hydrogen-bond donors (Lipinski definition) is 1. The van der Waals surface area contributed by atoms with Crippen LogP contribution in [-0.2, 0) is 11.3 Å². The first kappa shape index (κ1) is 20.8. The van der Waals surface area contributed by atoms with E-state index in [4.69, 9.17) is 14.2 Å². The number of amides is 1. The predicted octanol–water partition coefficient (Wildman–Crippen LogP) is 2.15. The summed E-state index contributed by atoms with van der Waals surface area (Å²) in [5.41, 5.74) is 2.28. The van der Waals surface area contributed by atoms with Crippen molar-refractivity contribution in [1.82, 2.24) is 10.2 Å². The van der Waals surface area contributed by atoms with Gasteiger partial charge in [0, 0.05) is 56.6 Å². The second-order valence-electron chi connectivity index (χ2n) is 7.07. The summed E-state index contributed by atoms with van der Waals surface area (Å²) in [6.45, 7) is 4.63. The normalized spacial score (nSPS) is 14.4. The fourth-order valence-electron chi connectivity index (χ4n) is 3.15. The lowest BCUT2D eigenvalue weighted by Gasteiger charge is -2.34. The van der Waals surface area contributed by atoms with Gasteiger partial charge in [-0.1, -0.05) is 12.1 Å². The highest BCUT2D eigenvalue weighted by Gasteiger charge is 2.14.